The van der Waals surface area contributed by atoms with Crippen molar-refractivity contribution in [3.8, 4) is 11.5 Å². The van der Waals surface area contributed by atoms with Crippen LogP contribution in [0.2, 0.25) is 0 Å². The first-order valence-corrected chi connectivity index (χ1v) is 15.1. The number of aromatic nitrogens is 4. The van der Waals surface area contributed by atoms with Crippen LogP contribution in [-0.2, 0) is 36.9 Å². The molecular weight excluding hydrogens is 610 g/mol. The molecule has 248 valence electrons. The molecule has 2 fully saturated rings. The predicted molar refractivity (Wildman–Crippen MR) is 168 cm³/mol. The maximum absolute atomic E-state index is 12.2. The van der Waals surface area contributed by atoms with Crippen LogP contribution in [0.15, 0.2) is 61.2 Å². The number of amides is 2. The number of nitrogens with one attached hydrogen (secondary N) is 3. The summed E-state index contributed by atoms with van der Waals surface area (Å²) in [7, 11) is 2.89. The molecule has 4 unspecified atom stereocenters. The largest absolute Gasteiger partial charge is 0.497 e. The highest BCUT2D eigenvalue weighted by molar-refractivity contribution is 5.83. The number of carbonyl (C=O) groups is 2. The molecule has 15 nitrogen and oxygen atoms in total. The monoisotopic (exact) mass is 647 g/mol. The van der Waals surface area contributed by atoms with Crippen LogP contribution in [0.3, 0.4) is 0 Å². The van der Waals surface area contributed by atoms with E-state index >= 15 is 0 Å². The standard InChI is InChI=1S/C32H37N7O8/c1-32(2)46-26-23(14-34-31(41)35-15-24(40)43-4)45-30(27(26)47-32)39-18-38-25-28(36-17-37-29(25)39)33-13-19-5-11-22(12-6-19)44-16-20-7-9-21(42-3)10-8-20/h5-12,17-18,23,26-27,30H,13-16H2,1-4H3,(H,33,36,37)(H2,34,35,41). The van der Waals surface area contributed by atoms with Crippen LogP contribution >= 0.6 is 0 Å². The van der Waals surface area contributed by atoms with Gasteiger partial charge in [-0.15, -0.1) is 0 Å². The number of rotatable bonds is 12. The van der Waals surface area contributed by atoms with Gasteiger partial charge >= 0.3 is 12.0 Å². The first kappa shape index (κ1) is 32.0. The van der Waals surface area contributed by atoms with Gasteiger partial charge in [0.15, 0.2) is 29.0 Å². The molecule has 3 N–H and O–H groups in total. The van der Waals surface area contributed by atoms with Gasteiger partial charge < -0.3 is 44.4 Å². The van der Waals surface area contributed by atoms with Crippen molar-refractivity contribution in [2.45, 2.75) is 57.3 Å². The zero-order valence-corrected chi connectivity index (χ0v) is 26.5. The number of hydrogen-bond donors (Lipinski definition) is 3. The summed E-state index contributed by atoms with van der Waals surface area (Å²) in [5, 5.41) is 8.52. The molecule has 2 aliphatic rings. The summed E-state index contributed by atoms with van der Waals surface area (Å²) >= 11 is 0. The van der Waals surface area contributed by atoms with E-state index < -0.39 is 42.3 Å². The average molecular weight is 648 g/mol. The minimum atomic E-state index is -0.864. The summed E-state index contributed by atoms with van der Waals surface area (Å²) in [5.41, 5.74) is 3.19. The summed E-state index contributed by atoms with van der Waals surface area (Å²) in [6, 6.07) is 15.1. The number of imidazole rings is 1. The van der Waals surface area contributed by atoms with Gasteiger partial charge in [-0.2, -0.15) is 0 Å². The van der Waals surface area contributed by atoms with Crippen molar-refractivity contribution < 1.29 is 38.0 Å². The SMILES string of the molecule is COC(=O)CNC(=O)NCC1OC(n2cnc3c(NCc4ccc(OCc5ccc(OC)cc5)cc4)ncnc32)C2OC(C)(C)OC12. The Labute approximate surface area is 270 Å². The van der Waals surface area contributed by atoms with E-state index in [0.717, 1.165) is 22.6 Å². The summed E-state index contributed by atoms with van der Waals surface area (Å²) in [5.74, 6) is 0.711. The van der Waals surface area contributed by atoms with Gasteiger partial charge in [-0.3, -0.25) is 9.36 Å². The molecule has 2 saturated heterocycles. The molecule has 2 aliphatic heterocycles. The van der Waals surface area contributed by atoms with Crippen molar-refractivity contribution in [1.82, 2.24) is 30.2 Å². The molecule has 2 amide bonds. The van der Waals surface area contributed by atoms with Crippen molar-refractivity contribution in [2.24, 2.45) is 0 Å². The van der Waals surface area contributed by atoms with E-state index in [0.29, 0.717) is 30.1 Å². The molecule has 0 saturated carbocycles. The number of methoxy groups -OCH3 is 2. The predicted octanol–water partition coefficient (Wildman–Crippen LogP) is 2.92. The van der Waals surface area contributed by atoms with Gasteiger partial charge in [-0.25, -0.2) is 19.7 Å². The number of ether oxygens (including phenoxy) is 6. The third-order valence-corrected chi connectivity index (χ3v) is 7.79. The lowest BCUT2D eigenvalue weighted by atomic mass is 10.1. The minimum Gasteiger partial charge on any atom is -0.497 e. The van der Waals surface area contributed by atoms with E-state index in [-0.39, 0.29) is 13.1 Å². The van der Waals surface area contributed by atoms with E-state index in [1.807, 2.05) is 62.4 Å². The Morgan fingerprint density at radius 1 is 0.915 bits per heavy atom. The molecule has 0 radical (unpaired) electrons. The smallest absolute Gasteiger partial charge is 0.325 e. The average Bonchev–Trinajstić information content (AvgIpc) is 3.75. The number of anilines is 1. The molecule has 4 heterocycles. The Hall–Kier alpha value is -4.99. The third kappa shape index (κ3) is 7.37. The molecule has 15 heteroatoms. The third-order valence-electron chi connectivity index (χ3n) is 7.79. The van der Waals surface area contributed by atoms with Gasteiger partial charge in [-0.1, -0.05) is 24.3 Å². The van der Waals surface area contributed by atoms with Gasteiger partial charge in [0.2, 0.25) is 0 Å². The molecule has 0 spiro atoms. The highest BCUT2D eigenvalue weighted by atomic mass is 16.8. The van der Waals surface area contributed by atoms with E-state index in [9.17, 15) is 9.59 Å². The van der Waals surface area contributed by atoms with Crippen LogP contribution in [-0.4, -0.2) is 82.9 Å². The Bertz CT molecular complexity index is 1700. The van der Waals surface area contributed by atoms with Gasteiger partial charge in [0.1, 0.15) is 49.3 Å². The number of fused-ring (bicyclic) bond motifs is 2. The number of esters is 1. The maximum Gasteiger partial charge on any atom is 0.325 e. The molecule has 0 aliphatic carbocycles. The number of carbonyl (C=O) groups excluding carboxylic acids is 2. The second-order valence-electron chi connectivity index (χ2n) is 11.5. The first-order chi connectivity index (χ1) is 22.7. The second-order valence-corrected chi connectivity index (χ2v) is 11.5. The fourth-order valence-corrected chi connectivity index (χ4v) is 5.47. The molecule has 4 atom stereocenters. The lowest BCUT2D eigenvalue weighted by Gasteiger charge is -2.25. The molecule has 4 aromatic rings. The van der Waals surface area contributed by atoms with Crippen LogP contribution in [0.25, 0.3) is 11.2 Å². The highest BCUT2D eigenvalue weighted by Gasteiger charge is 2.56. The number of urea groups is 1. The fourth-order valence-electron chi connectivity index (χ4n) is 5.47. The van der Waals surface area contributed by atoms with E-state index in [1.54, 1.807) is 18.0 Å². The van der Waals surface area contributed by atoms with Gasteiger partial charge in [0, 0.05) is 13.1 Å². The zero-order chi connectivity index (χ0) is 33.0. The number of benzene rings is 2. The van der Waals surface area contributed by atoms with E-state index in [1.165, 1.54) is 13.4 Å². The summed E-state index contributed by atoms with van der Waals surface area (Å²) in [6.45, 7) is 4.46. The Balaban J connectivity index is 1.09. The Morgan fingerprint density at radius 2 is 1.64 bits per heavy atom. The molecule has 0 bridgehead atoms. The summed E-state index contributed by atoms with van der Waals surface area (Å²) in [6.07, 6.45) is 0.946. The zero-order valence-electron chi connectivity index (χ0n) is 26.5. The normalized spacial score (nSPS) is 21.2. The fraction of sp³-hybridized carbons (Fsp3) is 0.406. The highest BCUT2D eigenvalue weighted by Crippen LogP contribution is 2.43. The number of nitrogens with zero attached hydrogens (tertiary/aromatic N) is 4. The van der Waals surface area contributed by atoms with Gasteiger partial charge in [-0.05, 0) is 49.2 Å². The molecule has 2 aromatic carbocycles. The van der Waals surface area contributed by atoms with Crippen molar-refractivity contribution in [2.75, 3.05) is 32.6 Å². The first-order valence-electron chi connectivity index (χ1n) is 15.1. The Morgan fingerprint density at radius 3 is 2.38 bits per heavy atom. The van der Waals surface area contributed by atoms with Crippen molar-refractivity contribution in [3.05, 3.63) is 72.3 Å². The summed E-state index contributed by atoms with van der Waals surface area (Å²) in [4.78, 5) is 37.1. The van der Waals surface area contributed by atoms with Crippen LogP contribution < -0.4 is 25.4 Å². The molecule has 6 rings (SSSR count). The van der Waals surface area contributed by atoms with Gasteiger partial charge in [0.25, 0.3) is 0 Å². The van der Waals surface area contributed by atoms with Crippen LogP contribution in [0, 0.1) is 0 Å². The summed E-state index contributed by atoms with van der Waals surface area (Å²) < 4.78 is 36.2. The van der Waals surface area contributed by atoms with Crippen molar-refractivity contribution in [1.29, 1.82) is 0 Å². The van der Waals surface area contributed by atoms with Crippen LogP contribution in [0.5, 0.6) is 11.5 Å². The van der Waals surface area contributed by atoms with Crippen LogP contribution in [0.1, 0.15) is 31.2 Å². The molecular formula is C32H37N7O8. The van der Waals surface area contributed by atoms with Gasteiger partial charge in [0.05, 0.1) is 20.5 Å². The lowest BCUT2D eigenvalue weighted by molar-refractivity contribution is -0.195. The lowest BCUT2D eigenvalue weighted by Crippen LogP contribution is -2.45. The maximum atomic E-state index is 12.2. The van der Waals surface area contributed by atoms with E-state index in [4.69, 9.17) is 23.7 Å². The minimum absolute atomic E-state index is 0.115. The molecule has 2 aromatic heterocycles. The van der Waals surface area contributed by atoms with Crippen LogP contribution in [0.4, 0.5) is 10.6 Å². The topological polar surface area (TPSA) is 169 Å². The molecule has 47 heavy (non-hydrogen) atoms. The van der Waals surface area contributed by atoms with Crippen molar-refractivity contribution >= 4 is 29.0 Å². The quantitative estimate of drug-likeness (QED) is 0.193. The van der Waals surface area contributed by atoms with E-state index in [2.05, 4.69) is 35.6 Å². The number of hydrogen-bond acceptors (Lipinski definition) is 12. The second kappa shape index (κ2) is 13.8. The Kier molecular flexibility index (Phi) is 9.38. The van der Waals surface area contributed by atoms with Crippen molar-refractivity contribution in [3.63, 3.8) is 0 Å².